The maximum atomic E-state index is 14.6. The number of esters is 1. The van der Waals surface area contributed by atoms with Gasteiger partial charge in [0.25, 0.3) is 5.91 Å². The number of hydrogen-bond donors (Lipinski definition) is 0. The Balaban J connectivity index is 1.32. The van der Waals surface area contributed by atoms with Crippen LogP contribution in [0.3, 0.4) is 0 Å². The summed E-state index contributed by atoms with van der Waals surface area (Å²) in [5.41, 5.74) is 3.00. The Kier molecular flexibility index (Phi) is 4.95. The summed E-state index contributed by atoms with van der Waals surface area (Å²) >= 11 is 0. The highest BCUT2D eigenvalue weighted by molar-refractivity contribution is 6.10. The molecular formula is C27H21FN4O3. The lowest BCUT2D eigenvalue weighted by atomic mass is 9.98. The monoisotopic (exact) mass is 468 g/mol. The smallest absolute Gasteiger partial charge is 0.337 e. The number of nitrogens with zero attached hydrogens (tertiary/aromatic N) is 4. The van der Waals surface area contributed by atoms with E-state index < -0.39 is 11.8 Å². The van der Waals surface area contributed by atoms with Crippen molar-refractivity contribution in [2.75, 3.05) is 12.0 Å². The molecule has 35 heavy (non-hydrogen) atoms. The Morgan fingerprint density at radius 1 is 1.09 bits per heavy atom. The van der Waals surface area contributed by atoms with Gasteiger partial charge in [0, 0.05) is 29.6 Å². The van der Waals surface area contributed by atoms with Crippen molar-refractivity contribution in [1.29, 1.82) is 0 Å². The molecule has 1 amide bonds. The fourth-order valence-corrected chi connectivity index (χ4v) is 4.50. The molecule has 0 radical (unpaired) electrons. The fraction of sp³-hybridized carbons (Fsp3) is 0.185. The van der Waals surface area contributed by atoms with Gasteiger partial charge in [-0.15, -0.1) is 0 Å². The lowest BCUT2D eigenvalue weighted by Gasteiger charge is -2.15. The molecular weight excluding hydrogens is 447 g/mol. The normalized spacial score (nSPS) is 14.8. The van der Waals surface area contributed by atoms with E-state index in [-0.39, 0.29) is 17.0 Å². The number of fused-ring (bicyclic) bond motifs is 1. The van der Waals surface area contributed by atoms with Crippen molar-refractivity contribution in [3.63, 3.8) is 0 Å². The number of rotatable bonds is 5. The minimum absolute atomic E-state index is 0.207. The first-order valence-electron chi connectivity index (χ1n) is 11.4. The number of halogens is 1. The number of carbonyl (C=O) groups excluding carboxylic acids is 2. The van der Waals surface area contributed by atoms with Crippen molar-refractivity contribution in [2.24, 2.45) is 0 Å². The van der Waals surface area contributed by atoms with Crippen LogP contribution in [-0.4, -0.2) is 33.5 Å². The van der Waals surface area contributed by atoms with Gasteiger partial charge in [-0.3, -0.25) is 9.69 Å². The summed E-state index contributed by atoms with van der Waals surface area (Å²) in [5.74, 6) is 0.0844. The van der Waals surface area contributed by atoms with E-state index in [4.69, 9.17) is 9.72 Å². The number of benzene rings is 2. The summed E-state index contributed by atoms with van der Waals surface area (Å²) in [5, 5.41) is 0. The molecule has 3 heterocycles. The van der Waals surface area contributed by atoms with Crippen molar-refractivity contribution in [1.82, 2.24) is 14.5 Å². The quantitative estimate of drug-likeness (QED) is 0.384. The third-order valence-corrected chi connectivity index (χ3v) is 6.46. The Morgan fingerprint density at radius 2 is 1.94 bits per heavy atom. The van der Waals surface area contributed by atoms with Crippen LogP contribution in [0.5, 0.6) is 0 Å². The molecule has 1 saturated carbocycles. The number of methoxy groups -OCH3 is 1. The highest BCUT2D eigenvalue weighted by atomic mass is 19.1. The molecule has 174 valence electrons. The van der Waals surface area contributed by atoms with E-state index in [2.05, 4.69) is 9.55 Å². The Bertz CT molecular complexity index is 1490. The molecule has 0 saturated heterocycles. The minimum Gasteiger partial charge on any atom is -0.465 e. The predicted octanol–water partition coefficient (Wildman–Crippen LogP) is 5.03. The summed E-state index contributed by atoms with van der Waals surface area (Å²) < 4.78 is 21.5. The first kappa shape index (κ1) is 21.2. The molecule has 7 nitrogen and oxygen atoms in total. The fourth-order valence-electron chi connectivity index (χ4n) is 4.50. The van der Waals surface area contributed by atoms with Crippen LogP contribution >= 0.6 is 0 Å². The molecule has 4 aromatic rings. The molecule has 2 aliphatic rings. The number of ether oxygens (including phenoxy) is 1. The van der Waals surface area contributed by atoms with Crippen molar-refractivity contribution >= 4 is 17.7 Å². The molecule has 2 aromatic carbocycles. The molecule has 0 N–H and O–H groups in total. The summed E-state index contributed by atoms with van der Waals surface area (Å²) in [4.78, 5) is 36.1. The molecule has 0 spiro atoms. The SMILES string of the molecule is COC(=O)c1ccc(F)c(-c2ccc3c(c2)C(=O)N(c2cccc(-c4nccn4C4CC4)n2)C3)c1. The zero-order valence-corrected chi connectivity index (χ0v) is 18.9. The van der Waals surface area contributed by atoms with E-state index in [9.17, 15) is 14.0 Å². The van der Waals surface area contributed by atoms with Crippen LogP contribution in [0.1, 0.15) is 45.2 Å². The van der Waals surface area contributed by atoms with Gasteiger partial charge in [-0.25, -0.2) is 19.2 Å². The second kappa shape index (κ2) is 8.16. The van der Waals surface area contributed by atoms with Crippen LogP contribution in [0.25, 0.3) is 22.6 Å². The minimum atomic E-state index is -0.553. The second-order valence-corrected chi connectivity index (χ2v) is 8.72. The average Bonchev–Trinajstić information content (AvgIpc) is 3.52. The van der Waals surface area contributed by atoms with E-state index in [1.165, 1.54) is 25.3 Å². The molecule has 0 bridgehead atoms. The summed E-state index contributed by atoms with van der Waals surface area (Å²) in [7, 11) is 1.27. The maximum absolute atomic E-state index is 14.6. The molecule has 1 fully saturated rings. The molecule has 1 aliphatic heterocycles. The molecule has 0 atom stereocenters. The largest absolute Gasteiger partial charge is 0.465 e. The first-order chi connectivity index (χ1) is 17.0. The zero-order chi connectivity index (χ0) is 24.1. The second-order valence-electron chi connectivity index (χ2n) is 8.72. The third kappa shape index (κ3) is 3.67. The Morgan fingerprint density at radius 3 is 2.74 bits per heavy atom. The van der Waals surface area contributed by atoms with Crippen LogP contribution in [-0.2, 0) is 11.3 Å². The number of aromatic nitrogens is 3. The molecule has 8 heteroatoms. The van der Waals surface area contributed by atoms with Crippen LogP contribution in [0.15, 0.2) is 67.0 Å². The van der Waals surface area contributed by atoms with Crippen LogP contribution in [0, 0.1) is 5.82 Å². The number of carbonyl (C=O) groups is 2. The van der Waals surface area contributed by atoms with Crippen LogP contribution < -0.4 is 4.90 Å². The maximum Gasteiger partial charge on any atom is 0.337 e. The van der Waals surface area contributed by atoms with Gasteiger partial charge in [-0.1, -0.05) is 18.2 Å². The predicted molar refractivity (Wildman–Crippen MR) is 127 cm³/mol. The van der Waals surface area contributed by atoms with Gasteiger partial charge in [0.2, 0.25) is 0 Å². The van der Waals surface area contributed by atoms with Gasteiger partial charge in [-0.05, 0) is 60.4 Å². The van der Waals surface area contributed by atoms with Gasteiger partial charge in [0.1, 0.15) is 17.3 Å². The average molecular weight is 468 g/mol. The molecule has 1 aliphatic carbocycles. The Hall–Kier alpha value is -4.33. The molecule has 2 aromatic heterocycles. The van der Waals surface area contributed by atoms with Crippen molar-refractivity contribution < 1.29 is 18.7 Å². The van der Waals surface area contributed by atoms with Gasteiger partial charge < -0.3 is 9.30 Å². The number of amides is 1. The highest BCUT2D eigenvalue weighted by Gasteiger charge is 2.31. The van der Waals surface area contributed by atoms with Gasteiger partial charge in [0.05, 0.1) is 19.2 Å². The topological polar surface area (TPSA) is 77.3 Å². The van der Waals surface area contributed by atoms with Crippen LogP contribution in [0.2, 0.25) is 0 Å². The molecule has 6 rings (SSSR count). The summed E-state index contributed by atoms with van der Waals surface area (Å²) in [6, 6.07) is 15.3. The summed E-state index contributed by atoms with van der Waals surface area (Å²) in [6.45, 7) is 0.368. The van der Waals surface area contributed by atoms with E-state index >= 15 is 0 Å². The zero-order valence-electron chi connectivity index (χ0n) is 18.9. The van der Waals surface area contributed by atoms with Crippen LogP contribution in [0.4, 0.5) is 10.2 Å². The summed E-state index contributed by atoms with van der Waals surface area (Å²) in [6.07, 6.45) is 6.01. The van der Waals surface area contributed by atoms with E-state index in [1.54, 1.807) is 29.3 Å². The van der Waals surface area contributed by atoms with Gasteiger partial charge >= 0.3 is 5.97 Å². The number of anilines is 1. The lowest BCUT2D eigenvalue weighted by Crippen LogP contribution is -2.24. The first-order valence-corrected chi connectivity index (χ1v) is 11.4. The van der Waals surface area contributed by atoms with E-state index in [0.29, 0.717) is 35.2 Å². The number of hydrogen-bond acceptors (Lipinski definition) is 5. The van der Waals surface area contributed by atoms with Crippen molar-refractivity contribution in [3.8, 4) is 22.6 Å². The lowest BCUT2D eigenvalue weighted by molar-refractivity contribution is 0.0600. The Labute approximate surface area is 200 Å². The van der Waals surface area contributed by atoms with Crippen molar-refractivity contribution in [2.45, 2.75) is 25.4 Å². The number of imidazole rings is 1. The number of pyridine rings is 1. The van der Waals surface area contributed by atoms with Gasteiger partial charge in [-0.2, -0.15) is 0 Å². The van der Waals surface area contributed by atoms with E-state index in [1.807, 2.05) is 24.4 Å². The molecule has 0 unspecified atom stereocenters. The van der Waals surface area contributed by atoms with Gasteiger partial charge in [0.15, 0.2) is 5.82 Å². The van der Waals surface area contributed by atoms with E-state index in [0.717, 1.165) is 24.2 Å². The van der Waals surface area contributed by atoms with Crippen molar-refractivity contribution in [3.05, 3.63) is 89.5 Å². The standard InChI is InChI=1S/C27H21FN4O3/c1-35-27(34)17-7-10-22(28)20(14-17)16-5-6-18-15-32(26(33)21(18)13-16)24-4-2-3-23(30-24)25-29-11-12-31(25)19-8-9-19/h2-7,10-14,19H,8-9,15H2,1H3. The third-order valence-electron chi connectivity index (χ3n) is 6.46. The highest BCUT2D eigenvalue weighted by Crippen LogP contribution is 2.38.